The molecule has 1 spiro atoms. The first kappa shape index (κ1) is 16.5. The van der Waals surface area contributed by atoms with E-state index in [-0.39, 0.29) is 5.91 Å². The van der Waals surface area contributed by atoms with Crippen LogP contribution in [0, 0.1) is 5.41 Å². The molecule has 1 atom stereocenters. The van der Waals surface area contributed by atoms with E-state index >= 15 is 0 Å². The predicted molar refractivity (Wildman–Crippen MR) is 90.2 cm³/mol. The molecule has 1 aromatic rings. The fourth-order valence-corrected chi connectivity index (χ4v) is 4.42. The fourth-order valence-electron chi connectivity index (χ4n) is 4.42. The van der Waals surface area contributed by atoms with Gasteiger partial charge in [0, 0.05) is 38.6 Å². The smallest absolute Gasteiger partial charge is 0.260 e. The zero-order valence-corrected chi connectivity index (χ0v) is 14.4. The van der Waals surface area contributed by atoms with Crippen molar-refractivity contribution >= 4 is 11.8 Å². The van der Waals surface area contributed by atoms with Gasteiger partial charge in [0.05, 0.1) is 5.41 Å². The number of carbonyl (C=O) groups excluding carboxylic acids is 2. The molecule has 3 heterocycles. The van der Waals surface area contributed by atoms with E-state index in [0.29, 0.717) is 39.0 Å². The number of amides is 2. The number of carbonyl (C=O) groups is 2. The van der Waals surface area contributed by atoms with Gasteiger partial charge in [0.1, 0.15) is 0 Å². The van der Waals surface area contributed by atoms with Crippen LogP contribution < -0.4 is 0 Å². The lowest BCUT2D eigenvalue weighted by molar-refractivity contribution is -0.156. The van der Waals surface area contributed by atoms with Crippen molar-refractivity contribution in [2.75, 3.05) is 19.6 Å². The largest absolute Gasteiger partial charge is 0.339 e. The minimum atomic E-state index is -1.67. The summed E-state index contributed by atoms with van der Waals surface area (Å²) in [5.41, 5.74) is -1.18. The number of pyridine rings is 1. The van der Waals surface area contributed by atoms with Gasteiger partial charge in [-0.05, 0) is 50.2 Å². The zero-order valence-electron chi connectivity index (χ0n) is 14.4. The Balaban J connectivity index is 1.46. The van der Waals surface area contributed by atoms with Crippen molar-refractivity contribution in [3.8, 4) is 0 Å². The molecule has 0 bridgehead atoms. The normalized spacial score (nSPS) is 28.3. The lowest BCUT2D eigenvalue weighted by atomic mass is 9.76. The van der Waals surface area contributed by atoms with Gasteiger partial charge in [0.25, 0.3) is 5.91 Å². The minimum absolute atomic E-state index is 0.107. The van der Waals surface area contributed by atoms with E-state index in [1.54, 1.807) is 17.3 Å². The third-order valence-corrected chi connectivity index (χ3v) is 6.09. The maximum Gasteiger partial charge on any atom is 0.260 e. The molecular formula is C19H24FN3O2. The Kier molecular flexibility index (Phi) is 4.01. The SMILES string of the molecule is O=C(N1CCC[C@]2(CCN(Cc3cccnc3)C2=O)C1)C1(F)CCC1. The Morgan fingerprint density at radius 1 is 1.20 bits per heavy atom. The summed E-state index contributed by atoms with van der Waals surface area (Å²) in [4.78, 5) is 33.2. The number of nitrogens with zero attached hydrogens (tertiary/aromatic N) is 3. The average Bonchev–Trinajstić information content (AvgIpc) is 2.89. The molecule has 1 saturated carbocycles. The molecule has 0 N–H and O–H groups in total. The first-order chi connectivity index (χ1) is 12.0. The van der Waals surface area contributed by atoms with Gasteiger partial charge in [-0.1, -0.05) is 6.07 Å². The van der Waals surface area contributed by atoms with Crippen LogP contribution in [0.15, 0.2) is 24.5 Å². The zero-order chi connectivity index (χ0) is 17.5. The molecule has 0 aromatic carbocycles. The van der Waals surface area contributed by atoms with Crippen LogP contribution in [-0.4, -0.2) is 51.9 Å². The minimum Gasteiger partial charge on any atom is -0.339 e. The summed E-state index contributed by atoms with van der Waals surface area (Å²) in [5, 5.41) is 0. The highest BCUT2D eigenvalue weighted by Gasteiger charge is 2.53. The van der Waals surface area contributed by atoms with Crippen LogP contribution in [0.4, 0.5) is 4.39 Å². The molecule has 2 amide bonds. The predicted octanol–water partition coefficient (Wildman–Crippen LogP) is 2.31. The van der Waals surface area contributed by atoms with Gasteiger partial charge in [-0.3, -0.25) is 14.6 Å². The Morgan fingerprint density at radius 2 is 2.04 bits per heavy atom. The molecule has 1 aliphatic carbocycles. The lowest BCUT2D eigenvalue weighted by Gasteiger charge is -2.43. The molecule has 25 heavy (non-hydrogen) atoms. The number of aromatic nitrogens is 1. The van der Waals surface area contributed by atoms with Crippen molar-refractivity contribution in [3.05, 3.63) is 30.1 Å². The monoisotopic (exact) mass is 345 g/mol. The van der Waals surface area contributed by atoms with E-state index in [9.17, 15) is 14.0 Å². The Hall–Kier alpha value is -1.98. The fraction of sp³-hybridized carbons (Fsp3) is 0.632. The molecular weight excluding hydrogens is 321 g/mol. The number of halogens is 1. The molecule has 1 aromatic heterocycles. The highest BCUT2D eigenvalue weighted by Crippen LogP contribution is 2.43. The van der Waals surface area contributed by atoms with Gasteiger partial charge in [0.2, 0.25) is 5.91 Å². The average molecular weight is 345 g/mol. The van der Waals surface area contributed by atoms with E-state index in [2.05, 4.69) is 4.98 Å². The molecule has 134 valence electrons. The maximum atomic E-state index is 14.5. The summed E-state index contributed by atoms with van der Waals surface area (Å²) in [7, 11) is 0. The maximum absolute atomic E-state index is 14.5. The summed E-state index contributed by atoms with van der Waals surface area (Å²) in [6.45, 7) is 2.19. The number of likely N-dealkylation sites (tertiary alicyclic amines) is 2. The van der Waals surface area contributed by atoms with Crippen molar-refractivity contribution in [1.29, 1.82) is 0 Å². The Bertz CT molecular complexity index is 677. The van der Waals surface area contributed by atoms with E-state index in [4.69, 9.17) is 0 Å². The van der Waals surface area contributed by atoms with Gasteiger partial charge < -0.3 is 9.80 Å². The standard InChI is InChI=1S/C19H24FN3O2/c20-19(6-2-7-19)17(25)23-10-3-5-18(14-23)8-11-22(16(18)24)13-15-4-1-9-21-12-15/h1,4,9,12H,2-3,5-8,10-11,13-14H2/t18-/m0/s1. The summed E-state index contributed by atoms with van der Waals surface area (Å²) in [5.74, 6) is -0.285. The van der Waals surface area contributed by atoms with Crippen LogP contribution in [0.1, 0.15) is 44.1 Å². The summed E-state index contributed by atoms with van der Waals surface area (Å²) in [6, 6.07) is 3.83. The third-order valence-electron chi connectivity index (χ3n) is 6.09. The van der Waals surface area contributed by atoms with Crippen molar-refractivity contribution in [3.63, 3.8) is 0 Å². The molecule has 4 rings (SSSR count). The van der Waals surface area contributed by atoms with Crippen molar-refractivity contribution in [2.45, 2.75) is 50.7 Å². The van der Waals surface area contributed by atoms with Crippen LogP contribution >= 0.6 is 0 Å². The first-order valence-electron chi connectivity index (χ1n) is 9.19. The Labute approximate surface area is 147 Å². The molecule has 5 nitrogen and oxygen atoms in total. The van der Waals surface area contributed by atoms with E-state index in [1.165, 1.54) is 0 Å². The second kappa shape index (κ2) is 6.07. The van der Waals surface area contributed by atoms with E-state index < -0.39 is 17.0 Å². The van der Waals surface area contributed by atoms with E-state index in [0.717, 1.165) is 31.2 Å². The number of hydrogen-bond acceptors (Lipinski definition) is 3. The van der Waals surface area contributed by atoms with Crippen LogP contribution in [0.25, 0.3) is 0 Å². The van der Waals surface area contributed by atoms with Crippen LogP contribution in [0.2, 0.25) is 0 Å². The summed E-state index contributed by atoms with van der Waals surface area (Å²) < 4.78 is 14.5. The third kappa shape index (κ3) is 2.81. The highest BCUT2D eigenvalue weighted by molar-refractivity contribution is 5.89. The molecule has 2 aliphatic heterocycles. The summed E-state index contributed by atoms with van der Waals surface area (Å²) >= 11 is 0. The lowest BCUT2D eigenvalue weighted by Crippen LogP contribution is -2.56. The highest BCUT2D eigenvalue weighted by atomic mass is 19.1. The van der Waals surface area contributed by atoms with Gasteiger partial charge in [-0.15, -0.1) is 0 Å². The van der Waals surface area contributed by atoms with Gasteiger partial charge in [0.15, 0.2) is 5.67 Å². The topological polar surface area (TPSA) is 53.5 Å². The summed E-state index contributed by atoms with van der Waals surface area (Å²) in [6.07, 6.45) is 7.24. The Morgan fingerprint density at radius 3 is 2.72 bits per heavy atom. The number of rotatable bonds is 3. The number of piperidine rings is 1. The molecule has 2 saturated heterocycles. The molecule has 0 radical (unpaired) electrons. The molecule has 3 aliphatic rings. The molecule has 3 fully saturated rings. The quantitative estimate of drug-likeness (QED) is 0.845. The van der Waals surface area contributed by atoms with Crippen LogP contribution in [0.3, 0.4) is 0 Å². The first-order valence-corrected chi connectivity index (χ1v) is 9.19. The number of hydrogen-bond donors (Lipinski definition) is 0. The van der Waals surface area contributed by atoms with Crippen LogP contribution in [0.5, 0.6) is 0 Å². The number of alkyl halides is 1. The van der Waals surface area contributed by atoms with Crippen molar-refractivity contribution in [1.82, 2.24) is 14.8 Å². The second-order valence-corrected chi connectivity index (χ2v) is 7.77. The van der Waals surface area contributed by atoms with Crippen molar-refractivity contribution < 1.29 is 14.0 Å². The van der Waals surface area contributed by atoms with Gasteiger partial charge in [-0.25, -0.2) is 4.39 Å². The van der Waals surface area contributed by atoms with Gasteiger partial charge >= 0.3 is 0 Å². The van der Waals surface area contributed by atoms with Crippen LogP contribution in [-0.2, 0) is 16.1 Å². The second-order valence-electron chi connectivity index (χ2n) is 7.77. The van der Waals surface area contributed by atoms with Gasteiger partial charge in [-0.2, -0.15) is 0 Å². The molecule has 6 heteroatoms. The van der Waals surface area contributed by atoms with E-state index in [1.807, 2.05) is 17.0 Å². The molecule has 0 unspecified atom stereocenters. The van der Waals surface area contributed by atoms with Crippen molar-refractivity contribution in [2.24, 2.45) is 5.41 Å².